The van der Waals surface area contributed by atoms with Gasteiger partial charge in [-0.15, -0.1) is 11.3 Å². The van der Waals surface area contributed by atoms with E-state index in [1.807, 2.05) is 0 Å². The molecule has 0 saturated heterocycles. The number of halogens is 4. The van der Waals surface area contributed by atoms with Crippen LogP contribution in [0.3, 0.4) is 0 Å². The predicted molar refractivity (Wildman–Crippen MR) is 178 cm³/mol. The number of hydrogen-bond donors (Lipinski definition) is 1. The molecule has 0 fully saturated rings. The summed E-state index contributed by atoms with van der Waals surface area (Å²) in [5, 5.41) is 21.4. The van der Waals surface area contributed by atoms with Gasteiger partial charge in [-0.05, 0) is 64.1 Å². The minimum Gasteiger partial charge on any atom is -0.491 e. The fourth-order valence-corrected chi connectivity index (χ4v) is 6.92. The van der Waals surface area contributed by atoms with E-state index < -0.39 is 34.4 Å². The van der Waals surface area contributed by atoms with Gasteiger partial charge in [0.05, 0.1) is 49.9 Å². The fourth-order valence-electron chi connectivity index (χ4n) is 5.73. The topological polar surface area (TPSA) is 144 Å². The number of benzene rings is 2. The Hall–Kier alpha value is -5.39. The number of nitriles is 1. The fraction of sp³-hybridized carbons (Fsp3) is 0.206. The standard InChI is InChI=1S/C34H24ClF3N6O4S/c1-15-9-16(2)42-31(41-15)27-22(13-39)28-25(12-24(27)34(36,37)38)43-18(4)44(32(28)45)7-8-48-26-6-5-19(35)11-20(26)21-10-17(3)40-29-23(33(46)47)14-49-30(21)29/h5-6,9-12,14H,7-8H2,1-4H3,(H,46,47). The Labute approximate surface area is 285 Å². The number of aromatic carboxylic acids is 1. The summed E-state index contributed by atoms with van der Waals surface area (Å²) in [7, 11) is 0. The number of ether oxygens (including phenoxy) is 1. The molecule has 0 amide bonds. The van der Waals surface area contributed by atoms with Gasteiger partial charge in [0.25, 0.3) is 5.56 Å². The van der Waals surface area contributed by atoms with Crippen molar-refractivity contribution in [3.05, 3.63) is 96.8 Å². The van der Waals surface area contributed by atoms with Crippen LogP contribution in [0.4, 0.5) is 13.2 Å². The van der Waals surface area contributed by atoms with E-state index in [1.54, 1.807) is 57.2 Å². The molecule has 10 nitrogen and oxygen atoms in total. The summed E-state index contributed by atoms with van der Waals surface area (Å²) in [5.41, 5.74) is -0.351. The Morgan fingerprint density at radius 1 is 1.02 bits per heavy atom. The molecule has 0 aliphatic rings. The average molecular weight is 705 g/mol. The van der Waals surface area contributed by atoms with E-state index in [0.717, 1.165) is 6.07 Å². The average Bonchev–Trinajstić information content (AvgIpc) is 3.45. The Morgan fingerprint density at radius 2 is 1.71 bits per heavy atom. The lowest BCUT2D eigenvalue weighted by molar-refractivity contribution is -0.137. The van der Waals surface area contributed by atoms with Gasteiger partial charge < -0.3 is 9.84 Å². The van der Waals surface area contributed by atoms with Crippen molar-refractivity contribution < 1.29 is 27.8 Å². The van der Waals surface area contributed by atoms with Gasteiger partial charge >= 0.3 is 12.1 Å². The molecule has 0 aliphatic carbocycles. The molecule has 4 aromatic heterocycles. The highest BCUT2D eigenvalue weighted by Crippen LogP contribution is 2.42. The van der Waals surface area contributed by atoms with Crippen LogP contribution < -0.4 is 10.3 Å². The van der Waals surface area contributed by atoms with E-state index in [4.69, 9.17) is 16.3 Å². The zero-order valence-electron chi connectivity index (χ0n) is 26.2. The predicted octanol–water partition coefficient (Wildman–Crippen LogP) is 7.68. The van der Waals surface area contributed by atoms with Crippen molar-refractivity contribution in [1.29, 1.82) is 5.26 Å². The lowest BCUT2D eigenvalue weighted by Gasteiger charge is -2.18. The number of aromatic nitrogens is 5. The first-order valence-corrected chi connectivity index (χ1v) is 15.9. The van der Waals surface area contributed by atoms with Crippen molar-refractivity contribution in [1.82, 2.24) is 24.5 Å². The van der Waals surface area contributed by atoms with Crippen molar-refractivity contribution in [3.8, 4) is 34.3 Å². The molecule has 0 saturated carbocycles. The number of pyridine rings is 1. The molecule has 15 heteroatoms. The van der Waals surface area contributed by atoms with Gasteiger partial charge in [0.15, 0.2) is 5.82 Å². The summed E-state index contributed by atoms with van der Waals surface area (Å²) in [6.07, 6.45) is -4.90. The lowest BCUT2D eigenvalue weighted by Crippen LogP contribution is -2.28. The maximum absolute atomic E-state index is 14.4. The van der Waals surface area contributed by atoms with Crippen molar-refractivity contribution in [3.63, 3.8) is 0 Å². The monoisotopic (exact) mass is 704 g/mol. The number of aryl methyl sites for hydroxylation is 4. The number of fused-ring (bicyclic) bond motifs is 2. The number of nitrogens with zero attached hydrogens (tertiary/aromatic N) is 6. The number of hydrogen-bond acceptors (Lipinski definition) is 9. The van der Waals surface area contributed by atoms with Crippen LogP contribution in [0, 0.1) is 39.0 Å². The van der Waals surface area contributed by atoms with Crippen LogP contribution in [0.1, 0.15) is 44.4 Å². The summed E-state index contributed by atoms with van der Waals surface area (Å²) in [5.74, 6) is -0.945. The number of thiophene rings is 1. The summed E-state index contributed by atoms with van der Waals surface area (Å²) in [4.78, 5) is 42.8. The Morgan fingerprint density at radius 3 is 2.37 bits per heavy atom. The molecule has 49 heavy (non-hydrogen) atoms. The molecule has 248 valence electrons. The summed E-state index contributed by atoms with van der Waals surface area (Å²) >= 11 is 7.58. The SMILES string of the molecule is Cc1cc(C)nc(-c2c(C(F)(F)F)cc3nc(C)n(CCOc4ccc(Cl)cc4-c4cc(C)nc5c(C(=O)O)csc45)c(=O)c3c2C#N)n1. The van der Waals surface area contributed by atoms with Gasteiger partial charge in [-0.1, -0.05) is 11.6 Å². The second-order valence-electron chi connectivity index (χ2n) is 11.2. The first kappa shape index (κ1) is 33.5. The quantitative estimate of drug-likeness (QED) is 0.177. The highest BCUT2D eigenvalue weighted by Gasteiger charge is 2.38. The van der Waals surface area contributed by atoms with E-state index in [1.165, 1.54) is 28.2 Å². The number of carboxylic acids is 1. The van der Waals surface area contributed by atoms with Gasteiger partial charge in [0.2, 0.25) is 0 Å². The summed E-state index contributed by atoms with van der Waals surface area (Å²) < 4.78 is 51.1. The molecule has 0 bridgehead atoms. The van der Waals surface area contributed by atoms with Crippen LogP contribution in [-0.2, 0) is 12.7 Å². The second-order valence-corrected chi connectivity index (χ2v) is 12.5. The van der Waals surface area contributed by atoms with Gasteiger partial charge in [-0.25, -0.2) is 19.7 Å². The molecule has 4 heterocycles. The summed E-state index contributed by atoms with van der Waals surface area (Å²) in [6, 6.07) is 10.9. The molecular weight excluding hydrogens is 681 g/mol. The van der Waals surface area contributed by atoms with Crippen LogP contribution in [0.25, 0.3) is 43.6 Å². The third-order valence-electron chi connectivity index (χ3n) is 7.75. The molecule has 0 spiro atoms. The smallest absolute Gasteiger partial charge is 0.417 e. The Balaban J connectivity index is 1.43. The van der Waals surface area contributed by atoms with E-state index >= 15 is 0 Å². The van der Waals surface area contributed by atoms with Crippen molar-refractivity contribution in [2.75, 3.05) is 6.61 Å². The zero-order valence-corrected chi connectivity index (χ0v) is 27.8. The number of alkyl halides is 3. The molecule has 6 rings (SSSR count). The van der Waals surface area contributed by atoms with Gasteiger partial charge in [0, 0.05) is 38.6 Å². The van der Waals surface area contributed by atoms with Gasteiger partial charge in [-0.3, -0.25) is 14.3 Å². The third kappa shape index (κ3) is 6.18. The van der Waals surface area contributed by atoms with E-state index in [9.17, 15) is 33.1 Å². The van der Waals surface area contributed by atoms with Crippen molar-refractivity contribution >= 4 is 50.0 Å². The lowest BCUT2D eigenvalue weighted by atomic mass is 9.96. The molecule has 0 aliphatic heterocycles. The first-order valence-electron chi connectivity index (χ1n) is 14.6. The molecular formula is C34H24ClF3N6O4S. The normalized spacial score (nSPS) is 11.7. The van der Waals surface area contributed by atoms with Gasteiger partial charge in [0.1, 0.15) is 24.3 Å². The highest BCUT2D eigenvalue weighted by atomic mass is 35.5. The number of carbonyl (C=O) groups is 1. The number of rotatable bonds is 7. The van der Waals surface area contributed by atoms with Crippen LogP contribution >= 0.6 is 22.9 Å². The zero-order chi connectivity index (χ0) is 35.4. The van der Waals surface area contributed by atoms with Crippen molar-refractivity contribution in [2.45, 2.75) is 40.4 Å². The number of carboxylic acid groups (broad SMARTS) is 1. The van der Waals surface area contributed by atoms with Crippen LogP contribution in [0.15, 0.2) is 46.6 Å². The molecule has 6 aromatic rings. The van der Waals surface area contributed by atoms with E-state index in [0.29, 0.717) is 49.2 Å². The van der Waals surface area contributed by atoms with Crippen LogP contribution in [0.5, 0.6) is 5.75 Å². The molecule has 0 radical (unpaired) electrons. The maximum Gasteiger partial charge on any atom is 0.417 e. The van der Waals surface area contributed by atoms with Crippen molar-refractivity contribution in [2.24, 2.45) is 0 Å². The van der Waals surface area contributed by atoms with E-state index in [-0.39, 0.29) is 41.3 Å². The van der Waals surface area contributed by atoms with Gasteiger partial charge in [-0.2, -0.15) is 18.4 Å². The highest BCUT2D eigenvalue weighted by molar-refractivity contribution is 7.18. The van der Waals surface area contributed by atoms with Crippen LogP contribution in [0.2, 0.25) is 5.02 Å². The van der Waals surface area contributed by atoms with E-state index in [2.05, 4.69) is 19.9 Å². The first-order chi connectivity index (χ1) is 23.2. The molecule has 2 aromatic carbocycles. The Bertz CT molecular complexity index is 2430. The molecule has 0 atom stereocenters. The summed E-state index contributed by atoms with van der Waals surface area (Å²) in [6.45, 7) is 6.23. The third-order valence-corrected chi connectivity index (χ3v) is 8.98. The minimum absolute atomic E-state index is 0.0689. The molecule has 0 unspecified atom stereocenters. The molecule has 1 N–H and O–H groups in total. The maximum atomic E-state index is 14.4. The largest absolute Gasteiger partial charge is 0.491 e. The second kappa shape index (κ2) is 12.6. The van der Waals surface area contributed by atoms with Crippen LogP contribution in [-0.4, -0.2) is 42.2 Å². The Kier molecular flexibility index (Phi) is 8.60. The minimum atomic E-state index is -4.90.